The van der Waals surface area contributed by atoms with E-state index >= 15 is 0 Å². The molecule has 0 fully saturated rings. The average molecular weight is 227 g/mol. The van der Waals surface area contributed by atoms with Crippen LogP contribution in [0, 0.1) is 0 Å². The summed E-state index contributed by atoms with van der Waals surface area (Å²) in [6.07, 6.45) is 2.47. The van der Waals surface area contributed by atoms with Crippen LogP contribution in [0.2, 0.25) is 0 Å². The number of thioether (sulfide) groups is 1. The minimum atomic E-state index is 0.787. The number of aryl methyl sites for hydroxylation is 1. The lowest BCUT2D eigenvalue weighted by Gasteiger charge is -1.90. The third kappa shape index (κ3) is 2.33. The molecule has 2 heterocycles. The molecule has 4 nitrogen and oxygen atoms in total. The smallest absolute Gasteiger partial charge is 0.170 e. The van der Waals surface area contributed by atoms with E-state index in [1.165, 1.54) is 11.5 Å². The zero-order chi connectivity index (χ0) is 9.80. The second-order valence-corrected chi connectivity index (χ2v) is 4.58. The van der Waals surface area contributed by atoms with E-state index in [2.05, 4.69) is 14.5 Å². The highest BCUT2D eigenvalue weighted by atomic mass is 32.2. The molecule has 74 valence electrons. The Labute approximate surface area is 89.9 Å². The van der Waals surface area contributed by atoms with E-state index in [0.29, 0.717) is 0 Å². The Hall–Kier alpha value is -0.880. The molecular weight excluding hydrogens is 218 g/mol. The van der Waals surface area contributed by atoms with E-state index in [1.807, 2.05) is 13.0 Å². The van der Waals surface area contributed by atoms with Crippen LogP contribution in [0.25, 0.3) is 0 Å². The first-order valence-electron chi connectivity index (χ1n) is 4.23. The van der Waals surface area contributed by atoms with Crippen LogP contribution in [0.4, 0.5) is 0 Å². The lowest BCUT2D eigenvalue weighted by Crippen LogP contribution is -1.82. The van der Waals surface area contributed by atoms with Crippen molar-refractivity contribution in [2.75, 3.05) is 0 Å². The predicted octanol–water partition coefficient (Wildman–Crippen LogP) is 2.38. The summed E-state index contributed by atoms with van der Waals surface area (Å²) in [7, 11) is 0. The van der Waals surface area contributed by atoms with E-state index in [0.717, 1.165) is 28.0 Å². The minimum absolute atomic E-state index is 0.787. The van der Waals surface area contributed by atoms with Gasteiger partial charge in [0.25, 0.3) is 0 Å². The topological polar surface area (TPSA) is 51.8 Å². The van der Waals surface area contributed by atoms with Crippen LogP contribution in [0.3, 0.4) is 0 Å². The summed E-state index contributed by atoms with van der Waals surface area (Å²) in [5, 5.41) is 3.82. The number of nitrogens with zero attached hydrogens (tertiary/aromatic N) is 3. The second kappa shape index (κ2) is 4.56. The lowest BCUT2D eigenvalue weighted by molar-refractivity contribution is 0.414. The molecule has 0 aliphatic carbocycles. The van der Waals surface area contributed by atoms with E-state index in [4.69, 9.17) is 4.52 Å². The van der Waals surface area contributed by atoms with E-state index in [9.17, 15) is 0 Å². The highest BCUT2D eigenvalue weighted by Gasteiger charge is 2.04. The molecule has 0 saturated heterocycles. The van der Waals surface area contributed by atoms with Crippen molar-refractivity contribution in [2.45, 2.75) is 23.4 Å². The molecule has 0 spiro atoms. The molecule has 0 N–H and O–H groups in total. The third-order valence-corrected chi connectivity index (χ3v) is 3.51. The maximum atomic E-state index is 4.73. The molecule has 0 bridgehead atoms. The van der Waals surface area contributed by atoms with Crippen LogP contribution in [0.5, 0.6) is 0 Å². The van der Waals surface area contributed by atoms with Crippen LogP contribution < -0.4 is 0 Å². The fourth-order valence-corrected chi connectivity index (χ4v) is 2.48. The molecule has 0 unspecified atom stereocenters. The SMILES string of the molecule is CCc1nsc(SCc2ccon2)n1. The van der Waals surface area contributed by atoms with Crippen molar-refractivity contribution < 1.29 is 4.52 Å². The maximum absolute atomic E-state index is 4.73. The molecule has 0 amide bonds. The molecule has 0 aromatic carbocycles. The molecule has 0 aliphatic rings. The summed E-state index contributed by atoms with van der Waals surface area (Å²) in [6.45, 7) is 2.05. The fraction of sp³-hybridized carbons (Fsp3) is 0.375. The first-order valence-corrected chi connectivity index (χ1v) is 5.99. The number of hydrogen-bond donors (Lipinski definition) is 0. The van der Waals surface area contributed by atoms with Gasteiger partial charge in [-0.1, -0.05) is 23.8 Å². The summed E-state index contributed by atoms with van der Waals surface area (Å²) in [6, 6.07) is 1.86. The first kappa shape index (κ1) is 9.67. The minimum Gasteiger partial charge on any atom is -0.364 e. The standard InChI is InChI=1S/C8H9N3OS2/c1-2-7-9-8(14-11-7)13-5-6-3-4-12-10-6/h3-4H,2,5H2,1H3. The van der Waals surface area contributed by atoms with Gasteiger partial charge in [0.2, 0.25) is 0 Å². The molecule has 0 saturated carbocycles. The van der Waals surface area contributed by atoms with E-state index < -0.39 is 0 Å². The van der Waals surface area contributed by atoms with Crippen LogP contribution in [0.15, 0.2) is 21.2 Å². The average Bonchev–Trinajstić information content (AvgIpc) is 2.86. The van der Waals surface area contributed by atoms with Gasteiger partial charge in [0.1, 0.15) is 12.1 Å². The van der Waals surface area contributed by atoms with Crippen molar-refractivity contribution >= 4 is 23.3 Å². The van der Waals surface area contributed by atoms with Gasteiger partial charge < -0.3 is 4.52 Å². The van der Waals surface area contributed by atoms with Crippen molar-refractivity contribution in [2.24, 2.45) is 0 Å². The third-order valence-electron chi connectivity index (χ3n) is 1.60. The fourth-order valence-electron chi connectivity index (χ4n) is 0.888. The van der Waals surface area contributed by atoms with Crippen LogP contribution in [-0.2, 0) is 12.2 Å². The lowest BCUT2D eigenvalue weighted by atomic mass is 10.5. The number of aromatic nitrogens is 3. The molecule has 2 aromatic heterocycles. The van der Waals surface area contributed by atoms with Crippen molar-refractivity contribution in [1.29, 1.82) is 0 Å². The molecule has 0 radical (unpaired) electrons. The van der Waals surface area contributed by atoms with Gasteiger partial charge in [-0.15, -0.1) is 0 Å². The predicted molar refractivity (Wildman–Crippen MR) is 55.4 cm³/mol. The van der Waals surface area contributed by atoms with Crippen molar-refractivity contribution in [1.82, 2.24) is 14.5 Å². The zero-order valence-electron chi connectivity index (χ0n) is 7.64. The van der Waals surface area contributed by atoms with Crippen LogP contribution >= 0.6 is 23.3 Å². The maximum Gasteiger partial charge on any atom is 0.170 e. The Kier molecular flexibility index (Phi) is 3.15. The second-order valence-electron chi connectivity index (χ2n) is 2.61. The molecule has 0 aliphatic heterocycles. The van der Waals surface area contributed by atoms with Gasteiger partial charge in [-0.3, -0.25) is 0 Å². The highest BCUT2D eigenvalue weighted by Crippen LogP contribution is 2.23. The summed E-state index contributed by atoms with van der Waals surface area (Å²) < 4.78 is 9.92. The van der Waals surface area contributed by atoms with Gasteiger partial charge in [0.05, 0.1) is 5.69 Å². The normalized spacial score (nSPS) is 10.6. The molecule has 14 heavy (non-hydrogen) atoms. The largest absolute Gasteiger partial charge is 0.364 e. The number of rotatable bonds is 4. The Morgan fingerprint density at radius 3 is 3.14 bits per heavy atom. The molecule has 2 aromatic rings. The monoisotopic (exact) mass is 227 g/mol. The van der Waals surface area contributed by atoms with Gasteiger partial charge in [0.15, 0.2) is 4.34 Å². The van der Waals surface area contributed by atoms with Crippen LogP contribution in [-0.4, -0.2) is 14.5 Å². The first-order chi connectivity index (χ1) is 6.88. The van der Waals surface area contributed by atoms with Crippen molar-refractivity contribution in [3.8, 4) is 0 Å². The van der Waals surface area contributed by atoms with Crippen molar-refractivity contribution in [3.63, 3.8) is 0 Å². The summed E-state index contributed by atoms with van der Waals surface area (Å²) >= 11 is 3.08. The van der Waals surface area contributed by atoms with Crippen molar-refractivity contribution in [3.05, 3.63) is 23.8 Å². The molecule has 0 atom stereocenters. The highest BCUT2D eigenvalue weighted by molar-refractivity contribution is 8.00. The summed E-state index contributed by atoms with van der Waals surface area (Å²) in [5.41, 5.74) is 0.934. The van der Waals surface area contributed by atoms with Gasteiger partial charge in [-0.05, 0) is 11.5 Å². The molecular formula is C8H9N3OS2. The Morgan fingerprint density at radius 1 is 1.57 bits per heavy atom. The number of hydrogen-bond acceptors (Lipinski definition) is 6. The van der Waals surface area contributed by atoms with E-state index in [1.54, 1.807) is 18.0 Å². The Balaban J connectivity index is 1.92. The molecule has 6 heteroatoms. The Morgan fingerprint density at radius 2 is 2.50 bits per heavy atom. The van der Waals surface area contributed by atoms with Gasteiger partial charge in [0, 0.05) is 18.2 Å². The van der Waals surface area contributed by atoms with Gasteiger partial charge in [-0.25, -0.2) is 4.98 Å². The Bertz CT molecular complexity index is 385. The zero-order valence-corrected chi connectivity index (χ0v) is 9.27. The summed E-state index contributed by atoms with van der Waals surface area (Å²) in [5.74, 6) is 1.70. The van der Waals surface area contributed by atoms with Gasteiger partial charge >= 0.3 is 0 Å². The van der Waals surface area contributed by atoms with E-state index in [-0.39, 0.29) is 0 Å². The van der Waals surface area contributed by atoms with Gasteiger partial charge in [-0.2, -0.15) is 4.37 Å². The molecule has 2 rings (SSSR count). The summed E-state index contributed by atoms with van der Waals surface area (Å²) in [4.78, 5) is 4.34. The van der Waals surface area contributed by atoms with Crippen LogP contribution in [0.1, 0.15) is 18.4 Å². The quantitative estimate of drug-likeness (QED) is 0.751.